The minimum Gasteiger partial charge on any atom is -0.456 e. The van der Waals surface area contributed by atoms with Gasteiger partial charge in [-0.1, -0.05) is 58.4 Å². The predicted molar refractivity (Wildman–Crippen MR) is 224 cm³/mol. The molecule has 8 unspecified atom stereocenters. The number of ether oxygens (including phenoxy) is 5. The van der Waals surface area contributed by atoms with Crippen LogP contribution in [0.15, 0.2) is 36.0 Å². The summed E-state index contributed by atoms with van der Waals surface area (Å²) in [7, 11) is 4.61. The zero-order valence-corrected chi connectivity index (χ0v) is 37.4. The van der Waals surface area contributed by atoms with Gasteiger partial charge in [0, 0.05) is 52.0 Å². The van der Waals surface area contributed by atoms with Gasteiger partial charge in [0.25, 0.3) is 11.7 Å². The molecule has 14 atom stereocenters. The SMILES string of the molecule is C=CC[C@@H]1/C=C(\C)C[C@H](C)C[C@H](OC)C2O[C@@](O)(C(=O)C(=O)N3CCCC[C@H]3C(=O)OC(/C(C)=C/C3CCC(O)[C@H](OC)C3)C(C)C(O)CC1=O)C(C)CC2OC.CC. The van der Waals surface area contributed by atoms with Crippen molar-refractivity contribution in [1.82, 2.24) is 4.90 Å². The van der Waals surface area contributed by atoms with Crippen LogP contribution in [0.25, 0.3) is 0 Å². The summed E-state index contributed by atoms with van der Waals surface area (Å²) in [6.07, 6.45) is 4.93. The lowest BCUT2D eigenvalue weighted by Crippen LogP contribution is -2.64. The topological polar surface area (TPSA) is 178 Å². The number of nitrogens with zero attached hydrogens (tertiary/aromatic N) is 1. The fourth-order valence-electron chi connectivity index (χ4n) is 9.42. The van der Waals surface area contributed by atoms with Crippen molar-refractivity contribution in [2.45, 2.75) is 174 Å². The number of Topliss-reactive ketones (excluding diaryl/α,β-unsaturated/α-hetero) is 2. The number of esters is 1. The number of methoxy groups -OCH3 is 3. The maximum atomic E-state index is 14.3. The maximum Gasteiger partial charge on any atom is 0.329 e. The second-order valence-corrected chi connectivity index (χ2v) is 17.3. The number of cyclic esters (lactones) is 1. The molecule has 4 aliphatic rings. The van der Waals surface area contributed by atoms with E-state index in [1.807, 2.05) is 46.8 Å². The van der Waals surface area contributed by atoms with Gasteiger partial charge in [-0.3, -0.25) is 14.4 Å². The smallest absolute Gasteiger partial charge is 0.329 e. The predicted octanol–water partition coefficient (Wildman–Crippen LogP) is 5.67. The van der Waals surface area contributed by atoms with Crippen LogP contribution in [0.4, 0.5) is 0 Å². The molecule has 4 rings (SSSR count). The van der Waals surface area contributed by atoms with E-state index in [0.29, 0.717) is 56.9 Å². The average Bonchev–Trinajstić information content (AvgIpc) is 3.22. The summed E-state index contributed by atoms with van der Waals surface area (Å²) in [5, 5.41) is 34.1. The van der Waals surface area contributed by atoms with Crippen molar-refractivity contribution in [3.05, 3.63) is 36.0 Å². The van der Waals surface area contributed by atoms with Gasteiger partial charge in [-0.15, -0.1) is 6.58 Å². The number of aliphatic hydroxyl groups excluding tert-OH is 2. The first-order chi connectivity index (χ1) is 28.0. The number of hydrogen-bond acceptors (Lipinski definition) is 12. The number of hydrogen-bond donors (Lipinski definition) is 3. The van der Waals surface area contributed by atoms with Crippen LogP contribution in [0.2, 0.25) is 0 Å². The summed E-state index contributed by atoms with van der Waals surface area (Å²) in [5.41, 5.74) is 1.61. The highest BCUT2D eigenvalue weighted by molar-refractivity contribution is 6.39. The third-order valence-corrected chi connectivity index (χ3v) is 12.9. The number of allylic oxidation sites excluding steroid dienone is 4. The Labute approximate surface area is 352 Å². The van der Waals surface area contributed by atoms with Gasteiger partial charge >= 0.3 is 5.97 Å². The molecule has 3 aliphatic heterocycles. The molecule has 336 valence electrons. The number of rotatable bonds is 7. The molecule has 3 heterocycles. The minimum absolute atomic E-state index is 0.00988. The number of fused-ring (bicyclic) bond motifs is 3. The lowest BCUT2D eigenvalue weighted by atomic mass is 9.81. The summed E-state index contributed by atoms with van der Waals surface area (Å²) < 4.78 is 29.7. The minimum atomic E-state index is -2.51. The van der Waals surface area contributed by atoms with Gasteiger partial charge in [-0.25, -0.2) is 4.79 Å². The highest BCUT2D eigenvalue weighted by Gasteiger charge is 2.56. The first kappa shape index (κ1) is 50.6. The van der Waals surface area contributed by atoms with E-state index in [9.17, 15) is 34.5 Å². The van der Waals surface area contributed by atoms with Crippen molar-refractivity contribution in [2.24, 2.45) is 29.6 Å². The number of ketones is 2. The maximum absolute atomic E-state index is 14.3. The zero-order chi connectivity index (χ0) is 44.2. The number of amides is 1. The third-order valence-electron chi connectivity index (χ3n) is 12.9. The van der Waals surface area contributed by atoms with E-state index in [0.717, 1.165) is 5.57 Å². The molecule has 1 aliphatic carbocycles. The largest absolute Gasteiger partial charge is 0.456 e. The number of carbonyl (C=O) groups excluding carboxylic acids is 4. The van der Waals surface area contributed by atoms with Crippen LogP contribution in [0.3, 0.4) is 0 Å². The average molecular weight is 834 g/mol. The van der Waals surface area contributed by atoms with E-state index in [-0.39, 0.29) is 49.5 Å². The molecule has 0 aromatic rings. The molecular weight excluding hydrogens is 759 g/mol. The number of piperidine rings is 1. The molecule has 0 radical (unpaired) electrons. The van der Waals surface area contributed by atoms with Crippen molar-refractivity contribution in [3.8, 4) is 0 Å². The van der Waals surface area contributed by atoms with E-state index in [2.05, 4.69) is 6.58 Å². The Morgan fingerprint density at radius 3 is 2.19 bits per heavy atom. The summed E-state index contributed by atoms with van der Waals surface area (Å²) in [5.74, 6) is -7.76. The summed E-state index contributed by atoms with van der Waals surface area (Å²) in [4.78, 5) is 57.8. The van der Waals surface area contributed by atoms with Crippen LogP contribution in [-0.2, 0) is 42.9 Å². The van der Waals surface area contributed by atoms with Crippen LogP contribution in [0, 0.1) is 29.6 Å². The van der Waals surface area contributed by atoms with E-state index < -0.39 is 83.9 Å². The van der Waals surface area contributed by atoms with Gasteiger partial charge in [-0.2, -0.15) is 0 Å². The number of aliphatic hydroxyl groups is 3. The molecule has 2 bridgehead atoms. The molecule has 1 amide bonds. The highest BCUT2D eigenvalue weighted by Crippen LogP contribution is 2.39. The van der Waals surface area contributed by atoms with E-state index in [1.54, 1.807) is 27.0 Å². The van der Waals surface area contributed by atoms with Gasteiger partial charge in [0.05, 0.1) is 30.5 Å². The van der Waals surface area contributed by atoms with Gasteiger partial charge in [0.1, 0.15) is 24.0 Å². The molecule has 3 fully saturated rings. The first-order valence-electron chi connectivity index (χ1n) is 21.9. The standard InChI is InChI=1S/C44H69NO12.C2H6/c1-10-13-31-19-25(2)18-26(3)20-37(54-8)40-38(55-9)22-28(5)44(52,57-40)41(49)42(50)45-17-12-11-14-32(45)43(51)56-39(29(6)34(47)24-35(31)48)27(4)21-30-15-16-33(46)36(23-30)53-7;1-2/h10,19,21,26,28-34,36-40,46-47,52H,1,11-18,20,22-24H2,2-9H3;1-2H3/b25-19+,27-21+;/t26-,28?,29?,30?,31+,32-,33?,34?,36+,37-,38?,39?,40?,44+;/m0./s1. The lowest BCUT2D eigenvalue weighted by Gasteiger charge is -2.47. The van der Waals surface area contributed by atoms with Crippen LogP contribution < -0.4 is 0 Å². The Morgan fingerprint density at radius 2 is 1.56 bits per heavy atom. The molecule has 2 saturated heterocycles. The van der Waals surface area contributed by atoms with Gasteiger partial charge in [-0.05, 0) is 95.5 Å². The molecule has 0 spiro atoms. The van der Waals surface area contributed by atoms with E-state index in [1.165, 1.54) is 19.1 Å². The van der Waals surface area contributed by atoms with Crippen LogP contribution in [0.1, 0.15) is 119 Å². The zero-order valence-electron chi connectivity index (χ0n) is 37.4. The molecule has 59 heavy (non-hydrogen) atoms. The Hall–Kier alpha value is -2.78. The Morgan fingerprint density at radius 1 is 0.915 bits per heavy atom. The van der Waals surface area contributed by atoms with Crippen molar-refractivity contribution < 1.29 is 58.2 Å². The van der Waals surface area contributed by atoms with E-state index in [4.69, 9.17) is 23.7 Å². The van der Waals surface area contributed by atoms with Crippen LogP contribution in [0.5, 0.6) is 0 Å². The highest BCUT2D eigenvalue weighted by atomic mass is 16.7. The summed E-state index contributed by atoms with van der Waals surface area (Å²) in [6.45, 7) is 17.1. The van der Waals surface area contributed by atoms with Crippen molar-refractivity contribution in [2.75, 3.05) is 27.9 Å². The Balaban J connectivity index is 0.00000458. The van der Waals surface area contributed by atoms with Crippen molar-refractivity contribution >= 4 is 23.4 Å². The quantitative estimate of drug-likeness (QED) is 0.163. The van der Waals surface area contributed by atoms with Gasteiger partial charge < -0.3 is 43.9 Å². The normalized spacial score (nSPS) is 39.7. The lowest BCUT2D eigenvalue weighted by molar-refractivity contribution is -0.302. The van der Waals surface area contributed by atoms with Crippen LogP contribution in [-0.4, -0.2) is 126 Å². The third kappa shape index (κ3) is 12.6. The van der Waals surface area contributed by atoms with E-state index >= 15 is 0 Å². The fourth-order valence-corrected chi connectivity index (χ4v) is 9.42. The molecule has 13 heteroatoms. The second-order valence-electron chi connectivity index (χ2n) is 17.3. The molecule has 0 aromatic heterocycles. The molecule has 1 saturated carbocycles. The van der Waals surface area contributed by atoms with Crippen molar-refractivity contribution in [1.29, 1.82) is 0 Å². The Bertz CT molecular complexity index is 1480. The number of carbonyl (C=O) groups is 4. The molecular formula is C46H75NO12. The monoisotopic (exact) mass is 834 g/mol. The second kappa shape index (κ2) is 23.4. The Kier molecular flexibility index (Phi) is 20.1. The summed E-state index contributed by atoms with van der Waals surface area (Å²) >= 11 is 0. The van der Waals surface area contributed by atoms with Crippen molar-refractivity contribution in [3.63, 3.8) is 0 Å². The van der Waals surface area contributed by atoms with Gasteiger partial charge in [0.15, 0.2) is 0 Å². The molecule has 3 N–H and O–H groups in total. The fraction of sp³-hybridized carbons (Fsp3) is 0.783. The van der Waals surface area contributed by atoms with Gasteiger partial charge in [0.2, 0.25) is 5.79 Å². The van der Waals surface area contributed by atoms with Crippen LogP contribution >= 0.6 is 0 Å². The first-order valence-corrected chi connectivity index (χ1v) is 21.9. The molecule has 13 nitrogen and oxygen atoms in total. The summed E-state index contributed by atoms with van der Waals surface area (Å²) in [6, 6.07) is -1.14. The molecule has 0 aromatic carbocycles.